The Labute approximate surface area is 250 Å². The number of rotatable bonds is 5. The van der Waals surface area contributed by atoms with E-state index in [1.165, 1.54) is 66.4 Å². The van der Waals surface area contributed by atoms with Crippen molar-refractivity contribution < 1.29 is 0 Å². The van der Waals surface area contributed by atoms with E-state index in [9.17, 15) is 0 Å². The highest BCUT2D eigenvalue weighted by Gasteiger charge is 2.13. The summed E-state index contributed by atoms with van der Waals surface area (Å²) in [6.07, 6.45) is 8.04. The predicted molar refractivity (Wildman–Crippen MR) is 185 cm³/mol. The molecular formula is C41H39N. The molecule has 1 nitrogen and oxygen atoms in total. The molecule has 1 aromatic heterocycles. The molecule has 0 fully saturated rings. The Morgan fingerprint density at radius 1 is 0.595 bits per heavy atom. The second-order valence-electron chi connectivity index (χ2n) is 10.9. The number of nitrogens with zero attached hydrogens (tertiary/aromatic N) is 1. The van der Waals surface area contributed by atoms with Gasteiger partial charge in [0.2, 0.25) is 0 Å². The van der Waals surface area contributed by atoms with Gasteiger partial charge in [-0.25, -0.2) is 0 Å². The van der Waals surface area contributed by atoms with Gasteiger partial charge in [-0.2, -0.15) is 0 Å². The van der Waals surface area contributed by atoms with Crippen molar-refractivity contribution in [3.63, 3.8) is 0 Å². The molecule has 6 aromatic rings. The van der Waals surface area contributed by atoms with Crippen molar-refractivity contribution in [2.45, 2.75) is 34.6 Å². The third-order valence-electron chi connectivity index (χ3n) is 7.81. The van der Waals surface area contributed by atoms with Gasteiger partial charge in [0.1, 0.15) is 0 Å². The predicted octanol–water partition coefficient (Wildman–Crippen LogP) is 11.5. The number of benzene rings is 5. The van der Waals surface area contributed by atoms with E-state index in [2.05, 4.69) is 136 Å². The lowest BCUT2D eigenvalue weighted by atomic mass is 9.95. The van der Waals surface area contributed by atoms with Crippen LogP contribution in [0.2, 0.25) is 0 Å². The van der Waals surface area contributed by atoms with Crippen LogP contribution >= 0.6 is 0 Å². The number of hydrogen-bond acceptors (Lipinski definition) is 0. The zero-order valence-corrected chi connectivity index (χ0v) is 25.4. The lowest BCUT2D eigenvalue weighted by molar-refractivity contribution is 1.17. The zero-order valence-electron chi connectivity index (χ0n) is 25.4. The second-order valence-corrected chi connectivity index (χ2v) is 10.9. The van der Waals surface area contributed by atoms with E-state index in [0.29, 0.717) is 0 Å². The Balaban J connectivity index is 0.000000214. The molecule has 1 heterocycles. The number of fused-ring (bicyclic) bond motifs is 3. The van der Waals surface area contributed by atoms with Gasteiger partial charge in [-0.1, -0.05) is 121 Å². The first-order chi connectivity index (χ1) is 20.4. The molecule has 0 saturated carbocycles. The number of aromatic nitrogens is 1. The van der Waals surface area contributed by atoms with Crippen LogP contribution in [0.4, 0.5) is 0 Å². The third-order valence-corrected chi connectivity index (χ3v) is 7.81. The van der Waals surface area contributed by atoms with Crippen LogP contribution < -0.4 is 0 Å². The SMILES string of the molecule is C=C(/C=C\C=C/C)c1ccccc1C.Cc1ccc(-c2ccc(-n3c4ccccc4c4ccccc43)cc2C)c(C)c1. The summed E-state index contributed by atoms with van der Waals surface area (Å²) in [7, 11) is 0. The molecule has 6 rings (SSSR count). The average molecular weight is 546 g/mol. The van der Waals surface area contributed by atoms with Gasteiger partial charge in [0, 0.05) is 16.5 Å². The van der Waals surface area contributed by atoms with E-state index in [1.54, 1.807) is 0 Å². The highest BCUT2D eigenvalue weighted by molar-refractivity contribution is 6.09. The maximum absolute atomic E-state index is 4.04. The van der Waals surface area contributed by atoms with E-state index < -0.39 is 0 Å². The van der Waals surface area contributed by atoms with Crippen LogP contribution in [0, 0.1) is 27.7 Å². The molecule has 42 heavy (non-hydrogen) atoms. The topological polar surface area (TPSA) is 4.93 Å². The molecule has 0 N–H and O–H groups in total. The first-order valence-electron chi connectivity index (χ1n) is 14.6. The van der Waals surface area contributed by atoms with Crippen molar-refractivity contribution in [3.8, 4) is 16.8 Å². The van der Waals surface area contributed by atoms with Gasteiger partial charge in [0.05, 0.1) is 11.0 Å². The molecule has 0 spiro atoms. The summed E-state index contributed by atoms with van der Waals surface area (Å²) in [4.78, 5) is 0. The van der Waals surface area contributed by atoms with Gasteiger partial charge < -0.3 is 4.57 Å². The minimum atomic E-state index is 1.06. The first kappa shape index (κ1) is 28.6. The molecule has 0 amide bonds. The van der Waals surface area contributed by atoms with Crippen LogP contribution in [0.5, 0.6) is 0 Å². The zero-order chi connectivity index (χ0) is 29.6. The quantitative estimate of drug-likeness (QED) is 0.190. The summed E-state index contributed by atoms with van der Waals surface area (Å²) < 4.78 is 2.38. The van der Waals surface area contributed by atoms with Crippen LogP contribution in [0.25, 0.3) is 44.2 Å². The molecule has 0 bridgehead atoms. The maximum Gasteiger partial charge on any atom is 0.0541 e. The number of aryl methyl sites for hydroxylation is 4. The standard InChI is InChI=1S/C27H23N.C14H16/c1-18-12-14-22(19(2)16-18)23-15-13-21(17-20(23)3)28-26-10-6-4-8-24(26)25-9-5-7-11-27(25)28;1-4-5-6-9-12(2)14-11-8-7-10-13(14)3/h4-17H,1-3H3;4-11H,2H2,1,3H3/b;5-4-,9-6-. The van der Waals surface area contributed by atoms with E-state index in [4.69, 9.17) is 0 Å². The van der Waals surface area contributed by atoms with E-state index in [-0.39, 0.29) is 0 Å². The van der Waals surface area contributed by atoms with Crippen molar-refractivity contribution in [3.05, 3.63) is 168 Å². The summed E-state index contributed by atoms with van der Waals surface area (Å²) >= 11 is 0. The summed E-state index contributed by atoms with van der Waals surface area (Å²) in [6, 6.07) is 39.1. The Morgan fingerprint density at radius 2 is 1.17 bits per heavy atom. The van der Waals surface area contributed by atoms with E-state index >= 15 is 0 Å². The molecule has 5 aromatic carbocycles. The molecule has 0 atom stereocenters. The summed E-state index contributed by atoms with van der Waals surface area (Å²) in [5.41, 5.74) is 13.8. The van der Waals surface area contributed by atoms with Crippen LogP contribution in [0.3, 0.4) is 0 Å². The largest absolute Gasteiger partial charge is 0.309 e. The van der Waals surface area contributed by atoms with Crippen LogP contribution in [-0.4, -0.2) is 4.57 Å². The molecule has 1 heteroatoms. The lowest BCUT2D eigenvalue weighted by Crippen LogP contribution is -1.96. The Hall–Kier alpha value is -4.88. The van der Waals surface area contributed by atoms with Crippen LogP contribution in [0.15, 0.2) is 140 Å². The Bertz CT molecular complexity index is 1890. The maximum atomic E-state index is 4.04. The van der Waals surface area contributed by atoms with Gasteiger partial charge >= 0.3 is 0 Å². The second kappa shape index (κ2) is 12.7. The number of para-hydroxylation sites is 2. The minimum Gasteiger partial charge on any atom is -0.309 e. The van der Waals surface area contributed by atoms with Crippen molar-refractivity contribution >= 4 is 27.4 Å². The highest BCUT2D eigenvalue weighted by atomic mass is 15.0. The Morgan fingerprint density at radius 3 is 1.76 bits per heavy atom. The van der Waals surface area contributed by atoms with Crippen molar-refractivity contribution in [2.24, 2.45) is 0 Å². The van der Waals surface area contributed by atoms with Crippen LogP contribution in [0.1, 0.15) is 34.7 Å². The fraction of sp³-hybridized carbons (Fsp3) is 0.122. The fourth-order valence-corrected chi connectivity index (χ4v) is 5.71. The van der Waals surface area contributed by atoms with E-state index in [1.807, 2.05) is 43.4 Å². The average Bonchev–Trinajstić information content (AvgIpc) is 3.33. The summed E-state index contributed by atoms with van der Waals surface area (Å²) in [6.45, 7) is 14.7. The van der Waals surface area contributed by atoms with Crippen LogP contribution in [-0.2, 0) is 0 Å². The van der Waals surface area contributed by atoms with Crippen molar-refractivity contribution in [1.29, 1.82) is 0 Å². The lowest BCUT2D eigenvalue weighted by Gasteiger charge is -2.14. The third kappa shape index (κ3) is 5.92. The molecular weight excluding hydrogens is 506 g/mol. The van der Waals surface area contributed by atoms with Gasteiger partial charge in [-0.15, -0.1) is 0 Å². The molecule has 0 aliphatic carbocycles. The van der Waals surface area contributed by atoms with Crippen molar-refractivity contribution in [1.82, 2.24) is 4.57 Å². The number of allylic oxidation sites excluding steroid dienone is 5. The summed E-state index contributed by atoms with van der Waals surface area (Å²) in [5, 5.41) is 2.60. The monoisotopic (exact) mass is 545 g/mol. The first-order valence-corrected chi connectivity index (χ1v) is 14.6. The molecule has 0 aliphatic rings. The molecule has 0 unspecified atom stereocenters. The number of hydrogen-bond donors (Lipinski definition) is 0. The molecule has 208 valence electrons. The van der Waals surface area contributed by atoms with Gasteiger partial charge in [-0.3, -0.25) is 0 Å². The van der Waals surface area contributed by atoms with Gasteiger partial charge in [0.15, 0.2) is 0 Å². The molecule has 0 aliphatic heterocycles. The molecule has 0 radical (unpaired) electrons. The molecule has 0 saturated heterocycles. The van der Waals surface area contributed by atoms with Gasteiger partial charge in [0.25, 0.3) is 0 Å². The Kier molecular flexibility index (Phi) is 8.69. The smallest absolute Gasteiger partial charge is 0.0541 e. The summed E-state index contributed by atoms with van der Waals surface area (Å²) in [5.74, 6) is 0. The van der Waals surface area contributed by atoms with E-state index in [0.717, 1.165) is 5.57 Å². The highest BCUT2D eigenvalue weighted by Crippen LogP contribution is 2.34. The van der Waals surface area contributed by atoms with Crippen molar-refractivity contribution in [2.75, 3.05) is 0 Å². The fourth-order valence-electron chi connectivity index (χ4n) is 5.71. The van der Waals surface area contributed by atoms with Gasteiger partial charge in [-0.05, 0) is 97.8 Å². The minimum absolute atomic E-state index is 1.06. The normalized spacial score (nSPS) is 11.4.